The van der Waals surface area contributed by atoms with Crippen LogP contribution in [-0.2, 0) is 6.54 Å². The third kappa shape index (κ3) is 3.25. The van der Waals surface area contributed by atoms with Gasteiger partial charge in [0.2, 0.25) is 0 Å². The zero-order valence-electron chi connectivity index (χ0n) is 9.65. The highest BCUT2D eigenvalue weighted by Gasteiger charge is 2.03. The Balaban J connectivity index is 2.19. The molecule has 1 aromatic carbocycles. The summed E-state index contributed by atoms with van der Waals surface area (Å²) < 4.78 is 1.07. The van der Waals surface area contributed by atoms with Crippen LogP contribution >= 0.6 is 15.9 Å². The van der Waals surface area contributed by atoms with Gasteiger partial charge in [0.05, 0.1) is 11.6 Å². The van der Waals surface area contributed by atoms with Gasteiger partial charge >= 0.3 is 0 Å². The molecule has 2 rings (SSSR count). The van der Waals surface area contributed by atoms with Gasteiger partial charge in [-0.25, -0.2) is 0 Å². The third-order valence-electron chi connectivity index (χ3n) is 2.53. The van der Waals surface area contributed by atoms with Gasteiger partial charge in [-0.2, -0.15) is 0 Å². The zero-order chi connectivity index (χ0) is 12.3. The first kappa shape index (κ1) is 12.5. The summed E-state index contributed by atoms with van der Waals surface area (Å²) in [6, 6.07) is 8.11. The molecule has 1 atom stereocenters. The second kappa shape index (κ2) is 5.58. The molecule has 0 amide bonds. The number of benzene rings is 1. The number of aliphatic hydroxyl groups excluding tert-OH is 1. The predicted octanol–water partition coefficient (Wildman–Crippen LogP) is 2.47. The van der Waals surface area contributed by atoms with E-state index in [2.05, 4.69) is 38.4 Å². The summed E-state index contributed by atoms with van der Waals surface area (Å²) in [4.78, 5) is 4.33. The predicted molar refractivity (Wildman–Crippen MR) is 72.8 cm³/mol. The highest BCUT2D eigenvalue weighted by molar-refractivity contribution is 9.10. The van der Waals surface area contributed by atoms with Gasteiger partial charge in [0, 0.05) is 29.1 Å². The van der Waals surface area contributed by atoms with E-state index in [1.807, 2.05) is 12.1 Å². The third-order valence-corrected chi connectivity index (χ3v) is 3.26. The monoisotopic (exact) mass is 294 g/mol. The minimum Gasteiger partial charge on any atom is -0.392 e. The summed E-state index contributed by atoms with van der Waals surface area (Å²) in [5.74, 6) is 0. The first-order valence-corrected chi connectivity index (χ1v) is 6.38. The van der Waals surface area contributed by atoms with Crippen molar-refractivity contribution < 1.29 is 5.11 Å². The molecule has 3 nitrogen and oxygen atoms in total. The largest absolute Gasteiger partial charge is 0.392 e. The Morgan fingerprint density at radius 1 is 1.47 bits per heavy atom. The Kier molecular flexibility index (Phi) is 4.10. The van der Waals surface area contributed by atoms with E-state index in [4.69, 9.17) is 0 Å². The van der Waals surface area contributed by atoms with Gasteiger partial charge in [0.25, 0.3) is 0 Å². The molecular formula is C13H15BrN2O. The van der Waals surface area contributed by atoms with Crippen LogP contribution < -0.4 is 5.32 Å². The number of rotatable bonds is 4. The van der Waals surface area contributed by atoms with E-state index in [9.17, 15) is 5.11 Å². The number of aromatic nitrogens is 1. The van der Waals surface area contributed by atoms with Crippen molar-refractivity contribution in [1.82, 2.24) is 10.3 Å². The van der Waals surface area contributed by atoms with E-state index in [1.165, 1.54) is 0 Å². The number of aliphatic hydroxyl groups is 1. The molecule has 0 saturated heterocycles. The molecule has 2 aromatic rings. The highest BCUT2D eigenvalue weighted by Crippen LogP contribution is 2.23. The van der Waals surface area contributed by atoms with E-state index in [-0.39, 0.29) is 6.10 Å². The van der Waals surface area contributed by atoms with Crippen LogP contribution in [0.15, 0.2) is 34.9 Å². The quantitative estimate of drug-likeness (QED) is 0.911. The number of nitrogens with zero attached hydrogens (tertiary/aromatic N) is 1. The molecule has 2 N–H and O–H groups in total. The Morgan fingerprint density at radius 2 is 2.29 bits per heavy atom. The maximum Gasteiger partial charge on any atom is 0.0705 e. The van der Waals surface area contributed by atoms with Crippen LogP contribution in [0.2, 0.25) is 0 Å². The molecule has 0 unspecified atom stereocenters. The van der Waals surface area contributed by atoms with Gasteiger partial charge in [0.15, 0.2) is 0 Å². The van der Waals surface area contributed by atoms with E-state index in [0.29, 0.717) is 6.54 Å². The van der Waals surface area contributed by atoms with E-state index in [0.717, 1.165) is 27.5 Å². The molecule has 0 fully saturated rings. The van der Waals surface area contributed by atoms with Gasteiger partial charge in [0.1, 0.15) is 0 Å². The van der Waals surface area contributed by atoms with Crippen LogP contribution in [0.1, 0.15) is 12.5 Å². The Hall–Kier alpha value is -0.970. The lowest BCUT2D eigenvalue weighted by atomic mass is 10.1. The molecule has 0 aliphatic carbocycles. The lowest BCUT2D eigenvalue weighted by Gasteiger charge is -2.09. The van der Waals surface area contributed by atoms with E-state index in [1.54, 1.807) is 13.1 Å². The van der Waals surface area contributed by atoms with Crippen LogP contribution in [0.4, 0.5) is 0 Å². The average molecular weight is 295 g/mol. The van der Waals surface area contributed by atoms with E-state index < -0.39 is 0 Å². The fourth-order valence-corrected chi connectivity index (χ4v) is 2.19. The molecule has 0 saturated carbocycles. The van der Waals surface area contributed by atoms with Gasteiger partial charge in [-0.1, -0.05) is 22.0 Å². The minimum absolute atomic E-state index is 0.327. The second-order valence-corrected chi connectivity index (χ2v) is 4.97. The maximum absolute atomic E-state index is 9.18. The highest BCUT2D eigenvalue weighted by atomic mass is 79.9. The smallest absolute Gasteiger partial charge is 0.0705 e. The van der Waals surface area contributed by atoms with Gasteiger partial charge in [-0.3, -0.25) is 4.98 Å². The molecular weight excluding hydrogens is 280 g/mol. The van der Waals surface area contributed by atoms with Crippen molar-refractivity contribution in [2.45, 2.75) is 19.6 Å². The lowest BCUT2D eigenvalue weighted by molar-refractivity contribution is 0.191. The molecule has 1 heterocycles. The van der Waals surface area contributed by atoms with Crippen molar-refractivity contribution in [3.63, 3.8) is 0 Å². The SMILES string of the molecule is C[C@@H](O)CNCc1cc2ncccc2cc1Br. The average Bonchev–Trinajstić information content (AvgIpc) is 2.29. The van der Waals surface area contributed by atoms with Gasteiger partial charge in [-0.05, 0) is 30.7 Å². The standard InChI is InChI=1S/C13H15BrN2O/c1-9(17)7-15-8-11-6-13-10(5-12(11)14)3-2-4-16-13/h2-6,9,15,17H,7-8H2,1H3/t9-/m1/s1. The molecule has 0 aliphatic rings. The topological polar surface area (TPSA) is 45.1 Å². The summed E-state index contributed by atoms with van der Waals surface area (Å²) in [6.07, 6.45) is 1.47. The number of fused-ring (bicyclic) bond motifs is 1. The normalized spacial score (nSPS) is 12.9. The first-order valence-electron chi connectivity index (χ1n) is 5.59. The molecule has 4 heteroatoms. The van der Waals surface area contributed by atoms with Crippen molar-refractivity contribution in [1.29, 1.82) is 0 Å². The number of nitrogens with one attached hydrogen (secondary N) is 1. The van der Waals surface area contributed by atoms with Crippen LogP contribution in [0.25, 0.3) is 10.9 Å². The van der Waals surface area contributed by atoms with E-state index >= 15 is 0 Å². The molecule has 0 aliphatic heterocycles. The van der Waals surface area contributed by atoms with Crippen molar-refractivity contribution in [2.75, 3.05) is 6.54 Å². The Morgan fingerprint density at radius 3 is 3.06 bits per heavy atom. The fraction of sp³-hybridized carbons (Fsp3) is 0.308. The summed E-state index contributed by atoms with van der Waals surface area (Å²) in [6.45, 7) is 3.08. The molecule has 90 valence electrons. The number of pyridine rings is 1. The second-order valence-electron chi connectivity index (χ2n) is 4.12. The number of hydrogen-bond donors (Lipinski definition) is 2. The van der Waals surface area contributed by atoms with Crippen LogP contribution in [0.5, 0.6) is 0 Å². The molecule has 0 radical (unpaired) electrons. The van der Waals surface area contributed by atoms with Gasteiger partial charge < -0.3 is 10.4 Å². The maximum atomic E-state index is 9.18. The summed E-state index contributed by atoms with van der Waals surface area (Å²) in [5.41, 5.74) is 2.14. The van der Waals surface area contributed by atoms with Crippen LogP contribution in [0.3, 0.4) is 0 Å². The summed E-state index contributed by atoms with van der Waals surface area (Å²) in [7, 11) is 0. The Bertz CT molecular complexity index is 514. The zero-order valence-corrected chi connectivity index (χ0v) is 11.2. The number of halogens is 1. The molecule has 1 aromatic heterocycles. The van der Waals surface area contributed by atoms with Crippen LogP contribution in [-0.4, -0.2) is 22.7 Å². The summed E-state index contributed by atoms with van der Waals surface area (Å²) >= 11 is 3.55. The van der Waals surface area contributed by atoms with Crippen LogP contribution in [0, 0.1) is 0 Å². The van der Waals surface area contributed by atoms with Gasteiger partial charge in [-0.15, -0.1) is 0 Å². The van der Waals surface area contributed by atoms with Crippen molar-refractivity contribution >= 4 is 26.8 Å². The molecule has 0 bridgehead atoms. The first-order chi connectivity index (χ1) is 8.16. The van der Waals surface area contributed by atoms with Crippen molar-refractivity contribution in [3.8, 4) is 0 Å². The fourth-order valence-electron chi connectivity index (χ4n) is 1.69. The lowest BCUT2D eigenvalue weighted by Crippen LogP contribution is -2.24. The van der Waals surface area contributed by atoms with Crippen molar-refractivity contribution in [3.05, 3.63) is 40.5 Å². The van der Waals surface area contributed by atoms with Crippen molar-refractivity contribution in [2.24, 2.45) is 0 Å². The molecule has 0 spiro atoms. The Labute approximate surface area is 109 Å². The minimum atomic E-state index is -0.327. The molecule has 17 heavy (non-hydrogen) atoms. The summed E-state index contributed by atoms with van der Waals surface area (Å²) in [5, 5.41) is 13.5. The number of hydrogen-bond acceptors (Lipinski definition) is 3.